The number of ether oxygens (including phenoxy) is 2. The molecule has 3 aromatic rings. The predicted octanol–water partition coefficient (Wildman–Crippen LogP) is 6.82. The first-order valence-corrected chi connectivity index (χ1v) is 11.7. The number of rotatable bonds is 5. The van der Waals surface area contributed by atoms with Gasteiger partial charge < -0.3 is 18.8 Å². The minimum Gasteiger partial charge on any atom is -0.465 e. The van der Waals surface area contributed by atoms with Gasteiger partial charge in [0.15, 0.2) is 6.29 Å². The van der Waals surface area contributed by atoms with Crippen LogP contribution in [0.4, 0.5) is 18.9 Å². The molecular formula is C26H28F3NO3. The third kappa shape index (κ3) is 5.29. The number of anilines is 1. The van der Waals surface area contributed by atoms with E-state index in [1.165, 1.54) is 17.8 Å². The highest BCUT2D eigenvalue weighted by Gasteiger charge is 2.31. The molecule has 0 saturated carbocycles. The van der Waals surface area contributed by atoms with Gasteiger partial charge in [-0.1, -0.05) is 0 Å². The van der Waals surface area contributed by atoms with Gasteiger partial charge in [0.2, 0.25) is 0 Å². The van der Waals surface area contributed by atoms with Crippen molar-refractivity contribution in [1.29, 1.82) is 0 Å². The molecule has 2 aliphatic rings. The molecule has 1 atom stereocenters. The van der Waals surface area contributed by atoms with Gasteiger partial charge in [0, 0.05) is 37.0 Å². The molecule has 2 aliphatic heterocycles. The summed E-state index contributed by atoms with van der Waals surface area (Å²) in [6.07, 6.45) is 1.47. The lowest BCUT2D eigenvalue weighted by molar-refractivity contribution is -0.137. The third-order valence-electron chi connectivity index (χ3n) is 6.61. The van der Waals surface area contributed by atoms with Gasteiger partial charge in [0.1, 0.15) is 17.1 Å². The van der Waals surface area contributed by atoms with Crippen LogP contribution < -0.4 is 9.64 Å². The standard InChI is InChI=1S/C26H28F3NO3/c27-26(28,29)20-4-9-24-19(16-20)17-23(32-24)15-18-10-12-30(13-11-18)21-5-7-22(8-6-21)33-25-3-1-2-14-31-25/h4-9,16-18,25H,1-3,10-15H2. The summed E-state index contributed by atoms with van der Waals surface area (Å²) in [4.78, 5) is 2.37. The first-order chi connectivity index (χ1) is 15.9. The normalized spacial score (nSPS) is 20.3. The van der Waals surface area contributed by atoms with Crippen molar-refractivity contribution in [2.45, 2.75) is 51.0 Å². The van der Waals surface area contributed by atoms with E-state index in [2.05, 4.69) is 17.0 Å². The van der Waals surface area contributed by atoms with Gasteiger partial charge in [-0.05, 0) is 80.1 Å². The molecule has 4 nitrogen and oxygen atoms in total. The van der Waals surface area contributed by atoms with Crippen LogP contribution in [0, 0.1) is 5.92 Å². The average Bonchev–Trinajstić information content (AvgIpc) is 3.22. The minimum atomic E-state index is -4.34. The fourth-order valence-electron chi connectivity index (χ4n) is 4.75. The summed E-state index contributed by atoms with van der Waals surface area (Å²) in [7, 11) is 0. The Morgan fingerprint density at radius 2 is 1.73 bits per heavy atom. The average molecular weight is 460 g/mol. The molecule has 0 aliphatic carbocycles. The van der Waals surface area contributed by atoms with Crippen LogP contribution in [0.3, 0.4) is 0 Å². The van der Waals surface area contributed by atoms with E-state index in [1.807, 2.05) is 12.1 Å². The van der Waals surface area contributed by atoms with Crippen LogP contribution in [0.15, 0.2) is 52.9 Å². The molecule has 0 spiro atoms. The van der Waals surface area contributed by atoms with Gasteiger partial charge in [-0.15, -0.1) is 0 Å². The van der Waals surface area contributed by atoms with Gasteiger partial charge in [-0.2, -0.15) is 13.2 Å². The van der Waals surface area contributed by atoms with E-state index in [0.29, 0.717) is 16.9 Å². The van der Waals surface area contributed by atoms with Gasteiger partial charge in [-0.3, -0.25) is 0 Å². The number of hydrogen-bond donors (Lipinski definition) is 0. The van der Waals surface area contributed by atoms with Crippen LogP contribution >= 0.6 is 0 Å². The van der Waals surface area contributed by atoms with E-state index < -0.39 is 11.7 Å². The number of hydrogen-bond acceptors (Lipinski definition) is 4. The van der Waals surface area contributed by atoms with Crippen molar-refractivity contribution in [3.05, 3.63) is 59.9 Å². The summed E-state index contributed by atoms with van der Waals surface area (Å²) < 4.78 is 56.2. The van der Waals surface area contributed by atoms with Gasteiger partial charge >= 0.3 is 6.18 Å². The van der Waals surface area contributed by atoms with Crippen molar-refractivity contribution in [3.63, 3.8) is 0 Å². The largest absolute Gasteiger partial charge is 0.465 e. The number of halogens is 3. The highest BCUT2D eigenvalue weighted by molar-refractivity contribution is 5.78. The van der Waals surface area contributed by atoms with Crippen molar-refractivity contribution < 1.29 is 27.1 Å². The number of furan rings is 1. The van der Waals surface area contributed by atoms with E-state index in [9.17, 15) is 13.2 Å². The molecule has 0 radical (unpaired) electrons. The third-order valence-corrected chi connectivity index (χ3v) is 6.61. The molecule has 3 heterocycles. The molecule has 0 bridgehead atoms. The molecule has 7 heteroatoms. The summed E-state index contributed by atoms with van der Waals surface area (Å²) in [5.41, 5.74) is 1.04. The molecular weight excluding hydrogens is 431 g/mol. The minimum absolute atomic E-state index is 0.140. The number of nitrogens with zero attached hydrogens (tertiary/aromatic N) is 1. The van der Waals surface area contributed by atoms with Crippen LogP contribution in [-0.2, 0) is 17.3 Å². The lowest BCUT2D eigenvalue weighted by atomic mass is 9.92. The van der Waals surface area contributed by atoms with Crippen molar-refractivity contribution in [2.24, 2.45) is 5.92 Å². The van der Waals surface area contributed by atoms with Gasteiger partial charge in [-0.25, -0.2) is 0 Å². The monoisotopic (exact) mass is 459 g/mol. The molecule has 2 fully saturated rings. The number of alkyl halides is 3. The van der Waals surface area contributed by atoms with Crippen LogP contribution in [0.2, 0.25) is 0 Å². The Kier molecular flexibility index (Phi) is 6.23. The molecule has 176 valence electrons. The van der Waals surface area contributed by atoms with Gasteiger partial charge in [0.25, 0.3) is 0 Å². The molecule has 2 aromatic carbocycles. The summed E-state index contributed by atoms with van der Waals surface area (Å²) in [6.45, 7) is 2.64. The molecule has 1 aromatic heterocycles. The van der Waals surface area contributed by atoms with Gasteiger partial charge in [0.05, 0.1) is 12.2 Å². The van der Waals surface area contributed by atoms with Crippen molar-refractivity contribution in [3.8, 4) is 5.75 Å². The summed E-state index contributed by atoms with van der Waals surface area (Å²) in [5.74, 6) is 2.04. The second-order valence-corrected chi connectivity index (χ2v) is 9.01. The molecule has 33 heavy (non-hydrogen) atoms. The Hall–Kier alpha value is -2.67. The number of piperidine rings is 1. The second-order valence-electron chi connectivity index (χ2n) is 9.01. The first-order valence-electron chi connectivity index (χ1n) is 11.7. The Labute approximate surface area is 191 Å². The maximum absolute atomic E-state index is 13.0. The fourth-order valence-corrected chi connectivity index (χ4v) is 4.75. The molecule has 1 unspecified atom stereocenters. The number of fused-ring (bicyclic) bond motifs is 1. The van der Waals surface area contributed by atoms with Crippen LogP contribution in [0.5, 0.6) is 5.75 Å². The quantitative estimate of drug-likeness (QED) is 0.420. The summed E-state index contributed by atoms with van der Waals surface area (Å²) >= 11 is 0. The fraction of sp³-hybridized carbons (Fsp3) is 0.462. The Balaban J connectivity index is 1.15. The number of benzene rings is 2. The van der Waals surface area contributed by atoms with Crippen LogP contribution in [0.25, 0.3) is 11.0 Å². The zero-order valence-corrected chi connectivity index (χ0v) is 18.4. The molecule has 0 N–H and O–H groups in total. The second kappa shape index (κ2) is 9.29. The Morgan fingerprint density at radius 3 is 2.42 bits per heavy atom. The van der Waals surface area contributed by atoms with Crippen LogP contribution in [-0.4, -0.2) is 26.0 Å². The molecule has 2 saturated heterocycles. The SMILES string of the molecule is FC(F)(F)c1ccc2oc(CC3CCN(c4ccc(OC5CCCCO5)cc4)CC3)cc2c1. The van der Waals surface area contributed by atoms with E-state index in [1.54, 1.807) is 6.07 Å². The van der Waals surface area contributed by atoms with Crippen LogP contribution in [0.1, 0.15) is 43.4 Å². The maximum Gasteiger partial charge on any atom is 0.416 e. The first kappa shape index (κ1) is 22.1. The highest BCUT2D eigenvalue weighted by Crippen LogP contribution is 2.34. The zero-order chi connectivity index (χ0) is 22.8. The van der Waals surface area contributed by atoms with E-state index >= 15 is 0 Å². The topological polar surface area (TPSA) is 34.8 Å². The van der Waals surface area contributed by atoms with Crippen molar-refractivity contribution >= 4 is 16.7 Å². The van der Waals surface area contributed by atoms with Crippen molar-refractivity contribution in [1.82, 2.24) is 0 Å². The van der Waals surface area contributed by atoms with E-state index in [4.69, 9.17) is 13.9 Å². The maximum atomic E-state index is 13.0. The lowest BCUT2D eigenvalue weighted by Gasteiger charge is -2.33. The molecule has 5 rings (SSSR count). The predicted molar refractivity (Wildman–Crippen MR) is 121 cm³/mol. The lowest BCUT2D eigenvalue weighted by Crippen LogP contribution is -2.34. The summed E-state index contributed by atoms with van der Waals surface area (Å²) in [5, 5.41) is 0.512. The molecule has 0 amide bonds. The highest BCUT2D eigenvalue weighted by atomic mass is 19.4. The summed E-state index contributed by atoms with van der Waals surface area (Å²) in [6, 6.07) is 13.6. The van der Waals surface area contributed by atoms with Crippen molar-refractivity contribution in [2.75, 3.05) is 24.6 Å². The Morgan fingerprint density at radius 1 is 0.939 bits per heavy atom. The smallest absolute Gasteiger partial charge is 0.416 e. The van der Waals surface area contributed by atoms with E-state index in [0.717, 1.165) is 75.8 Å². The zero-order valence-electron chi connectivity index (χ0n) is 18.4. The van der Waals surface area contributed by atoms with E-state index in [-0.39, 0.29) is 6.29 Å². The Bertz CT molecular complexity index is 1060.